The Morgan fingerprint density at radius 1 is 1.50 bits per heavy atom. The number of furan rings is 1. The number of rotatable bonds is 9. The van der Waals surface area contributed by atoms with E-state index < -0.39 is 0 Å². The van der Waals surface area contributed by atoms with Gasteiger partial charge in [-0.25, -0.2) is 9.67 Å². The largest absolute Gasteiger partial charge is 0.469 e. The third-order valence-corrected chi connectivity index (χ3v) is 4.92. The van der Waals surface area contributed by atoms with E-state index in [4.69, 9.17) is 14.1 Å². The number of fused-ring (bicyclic) bond motifs is 1. The number of thioether (sulfide) groups is 1. The monoisotopic (exact) mass is 520 g/mol. The topological polar surface area (TPSA) is 89.5 Å². The molecule has 28 heavy (non-hydrogen) atoms. The van der Waals surface area contributed by atoms with Gasteiger partial charge in [0, 0.05) is 38.3 Å². The maximum Gasteiger partial charge on any atom is 0.191 e. The Balaban J connectivity index is 0.00000280. The SMILES string of the molecule is COCc1nc2n(n1)CC(NC(=NCCSC)NCCc1ccco1)CC2.I. The average molecular weight is 520 g/mol. The zero-order valence-corrected chi connectivity index (χ0v) is 19.5. The number of aromatic nitrogens is 3. The summed E-state index contributed by atoms with van der Waals surface area (Å²) in [5, 5.41) is 11.5. The molecule has 0 aromatic carbocycles. The molecule has 0 amide bonds. The van der Waals surface area contributed by atoms with Gasteiger partial charge in [-0.05, 0) is 24.8 Å². The summed E-state index contributed by atoms with van der Waals surface area (Å²) >= 11 is 1.80. The van der Waals surface area contributed by atoms with Gasteiger partial charge in [0.15, 0.2) is 11.8 Å². The summed E-state index contributed by atoms with van der Waals surface area (Å²) in [5.41, 5.74) is 0. The Morgan fingerprint density at radius 3 is 3.14 bits per heavy atom. The van der Waals surface area contributed by atoms with Crippen LogP contribution in [0.4, 0.5) is 0 Å². The van der Waals surface area contributed by atoms with Crippen molar-refractivity contribution in [3.05, 3.63) is 35.8 Å². The van der Waals surface area contributed by atoms with Crippen LogP contribution in [0.5, 0.6) is 0 Å². The molecule has 0 saturated carbocycles. The predicted octanol–water partition coefficient (Wildman–Crippen LogP) is 2.09. The predicted molar refractivity (Wildman–Crippen MR) is 122 cm³/mol. The molecule has 0 spiro atoms. The summed E-state index contributed by atoms with van der Waals surface area (Å²) < 4.78 is 12.5. The Kier molecular flexibility index (Phi) is 10.1. The summed E-state index contributed by atoms with van der Waals surface area (Å²) in [6, 6.07) is 4.18. The molecule has 8 nitrogen and oxygen atoms in total. The van der Waals surface area contributed by atoms with E-state index >= 15 is 0 Å². The third-order valence-electron chi connectivity index (χ3n) is 4.33. The van der Waals surface area contributed by atoms with Crippen molar-refractivity contribution in [2.75, 3.05) is 32.2 Å². The Hall–Kier alpha value is -1.27. The van der Waals surface area contributed by atoms with E-state index in [1.807, 2.05) is 16.8 Å². The lowest BCUT2D eigenvalue weighted by atomic mass is 10.1. The van der Waals surface area contributed by atoms with Gasteiger partial charge < -0.3 is 19.8 Å². The molecule has 1 atom stereocenters. The normalized spacial score (nSPS) is 16.4. The van der Waals surface area contributed by atoms with Crippen molar-refractivity contribution in [3.8, 4) is 0 Å². The molecule has 156 valence electrons. The Bertz CT molecular complexity index is 722. The highest BCUT2D eigenvalue weighted by atomic mass is 127. The lowest BCUT2D eigenvalue weighted by molar-refractivity contribution is 0.177. The molecule has 3 heterocycles. The summed E-state index contributed by atoms with van der Waals surface area (Å²) in [6.07, 6.45) is 6.54. The first-order valence-corrected chi connectivity index (χ1v) is 10.7. The first-order chi connectivity index (χ1) is 13.3. The quantitative estimate of drug-likeness (QED) is 0.227. The molecule has 2 aromatic rings. The van der Waals surface area contributed by atoms with E-state index in [9.17, 15) is 0 Å². The van der Waals surface area contributed by atoms with Gasteiger partial charge in [-0.2, -0.15) is 16.9 Å². The van der Waals surface area contributed by atoms with Crippen LogP contribution < -0.4 is 10.6 Å². The second-order valence-corrected chi connectivity index (χ2v) is 7.40. The van der Waals surface area contributed by atoms with E-state index in [0.717, 1.165) is 68.0 Å². The van der Waals surface area contributed by atoms with Gasteiger partial charge >= 0.3 is 0 Å². The van der Waals surface area contributed by atoms with Crippen molar-refractivity contribution in [1.82, 2.24) is 25.4 Å². The highest BCUT2D eigenvalue weighted by Gasteiger charge is 2.22. The molecule has 2 aromatic heterocycles. The van der Waals surface area contributed by atoms with Crippen molar-refractivity contribution in [2.45, 2.75) is 38.5 Å². The number of guanidine groups is 1. The fourth-order valence-electron chi connectivity index (χ4n) is 3.02. The van der Waals surface area contributed by atoms with Gasteiger partial charge in [-0.1, -0.05) is 0 Å². The van der Waals surface area contributed by atoms with E-state index in [-0.39, 0.29) is 30.0 Å². The van der Waals surface area contributed by atoms with Crippen LogP contribution in [0.15, 0.2) is 27.8 Å². The maximum atomic E-state index is 5.39. The number of nitrogens with one attached hydrogen (secondary N) is 2. The average Bonchev–Trinajstić information content (AvgIpc) is 3.31. The number of methoxy groups -OCH3 is 1. The summed E-state index contributed by atoms with van der Waals surface area (Å²) in [4.78, 5) is 9.23. The molecule has 0 fully saturated rings. The molecular weight excluding hydrogens is 491 g/mol. The van der Waals surface area contributed by atoms with E-state index in [1.165, 1.54) is 0 Å². The summed E-state index contributed by atoms with van der Waals surface area (Å²) in [7, 11) is 1.66. The lowest BCUT2D eigenvalue weighted by Gasteiger charge is -2.25. The van der Waals surface area contributed by atoms with Crippen LogP contribution in [0, 0.1) is 0 Å². The summed E-state index contributed by atoms with van der Waals surface area (Å²) in [5.74, 6) is 4.61. The number of hydrogen-bond acceptors (Lipinski definition) is 6. The van der Waals surface area contributed by atoms with Crippen molar-refractivity contribution in [3.63, 3.8) is 0 Å². The number of hydrogen-bond donors (Lipinski definition) is 2. The Labute approximate surface area is 187 Å². The van der Waals surface area contributed by atoms with Crippen LogP contribution in [-0.2, 0) is 30.7 Å². The van der Waals surface area contributed by atoms with Crippen molar-refractivity contribution < 1.29 is 9.15 Å². The van der Waals surface area contributed by atoms with Crippen molar-refractivity contribution in [2.24, 2.45) is 4.99 Å². The number of nitrogens with zero attached hydrogens (tertiary/aromatic N) is 4. The van der Waals surface area contributed by atoms with E-state index in [2.05, 4.69) is 27.0 Å². The molecule has 0 bridgehead atoms. The molecule has 0 radical (unpaired) electrons. The second kappa shape index (κ2) is 12.3. The molecule has 1 aliphatic heterocycles. The number of aliphatic imine (C=N–C) groups is 1. The third kappa shape index (κ3) is 6.96. The fourth-order valence-corrected chi connectivity index (χ4v) is 3.30. The number of aryl methyl sites for hydroxylation is 1. The van der Waals surface area contributed by atoms with Gasteiger partial charge in [0.1, 0.15) is 18.2 Å². The summed E-state index contributed by atoms with van der Waals surface area (Å²) in [6.45, 7) is 2.80. The van der Waals surface area contributed by atoms with Crippen LogP contribution in [0.1, 0.15) is 23.8 Å². The van der Waals surface area contributed by atoms with Gasteiger partial charge in [-0.15, -0.1) is 24.0 Å². The lowest BCUT2D eigenvalue weighted by Crippen LogP contribution is -2.47. The van der Waals surface area contributed by atoms with Gasteiger partial charge in [0.2, 0.25) is 0 Å². The highest BCUT2D eigenvalue weighted by Crippen LogP contribution is 2.13. The van der Waals surface area contributed by atoms with Gasteiger partial charge in [-0.3, -0.25) is 4.99 Å². The molecule has 2 N–H and O–H groups in total. The molecular formula is C18H29IN6O2S. The van der Waals surface area contributed by atoms with Gasteiger partial charge in [0.25, 0.3) is 0 Å². The molecule has 10 heteroatoms. The minimum absolute atomic E-state index is 0. The fraction of sp³-hybridized carbons (Fsp3) is 0.611. The molecule has 3 rings (SSSR count). The molecule has 0 saturated heterocycles. The van der Waals surface area contributed by atoms with Gasteiger partial charge in [0.05, 0.1) is 19.4 Å². The standard InChI is InChI=1S/C18H28N6O2S.HI/c1-25-13-16-22-17-6-5-14(12-24(17)23-16)21-18(20-9-11-27-2)19-8-7-15-4-3-10-26-15;/h3-4,10,14H,5-9,11-13H2,1-2H3,(H2,19,20,21);1H. The van der Waals surface area contributed by atoms with Crippen LogP contribution in [0.25, 0.3) is 0 Å². The molecule has 1 aliphatic rings. The van der Waals surface area contributed by atoms with E-state index in [0.29, 0.717) is 6.61 Å². The zero-order valence-electron chi connectivity index (χ0n) is 16.4. The first kappa shape index (κ1) is 23.0. The highest BCUT2D eigenvalue weighted by molar-refractivity contribution is 14.0. The van der Waals surface area contributed by atoms with Crippen LogP contribution >= 0.6 is 35.7 Å². The zero-order chi connectivity index (χ0) is 18.9. The smallest absolute Gasteiger partial charge is 0.191 e. The number of halogens is 1. The van der Waals surface area contributed by atoms with E-state index in [1.54, 1.807) is 25.1 Å². The maximum absolute atomic E-state index is 5.39. The number of ether oxygens (including phenoxy) is 1. The Morgan fingerprint density at radius 2 is 2.39 bits per heavy atom. The second-order valence-electron chi connectivity index (χ2n) is 6.42. The first-order valence-electron chi connectivity index (χ1n) is 9.26. The van der Waals surface area contributed by atoms with Crippen LogP contribution in [-0.4, -0.2) is 59.0 Å². The van der Waals surface area contributed by atoms with Crippen LogP contribution in [0.2, 0.25) is 0 Å². The van der Waals surface area contributed by atoms with Crippen molar-refractivity contribution >= 4 is 41.7 Å². The molecule has 1 unspecified atom stereocenters. The van der Waals surface area contributed by atoms with Crippen molar-refractivity contribution in [1.29, 1.82) is 0 Å². The minimum Gasteiger partial charge on any atom is -0.469 e. The molecule has 0 aliphatic carbocycles. The minimum atomic E-state index is 0. The van der Waals surface area contributed by atoms with Crippen LogP contribution in [0.3, 0.4) is 0 Å².